The molecule has 6 heteroatoms. The molecule has 2 amide bonds. The van der Waals surface area contributed by atoms with Crippen LogP contribution in [0.5, 0.6) is 0 Å². The van der Waals surface area contributed by atoms with Gasteiger partial charge in [0.25, 0.3) is 5.91 Å². The molecular formula is C19H24N4O2. The second-order valence-electron chi connectivity index (χ2n) is 6.48. The molecule has 2 heterocycles. The van der Waals surface area contributed by atoms with E-state index in [1.165, 1.54) is 6.92 Å². The lowest BCUT2D eigenvalue weighted by atomic mass is 10.0. The number of likely N-dealkylation sites (tertiary alicyclic amines) is 1. The van der Waals surface area contributed by atoms with Crippen LogP contribution in [0, 0.1) is 0 Å². The van der Waals surface area contributed by atoms with E-state index in [9.17, 15) is 9.59 Å². The number of piperidine rings is 1. The summed E-state index contributed by atoms with van der Waals surface area (Å²) >= 11 is 0. The summed E-state index contributed by atoms with van der Waals surface area (Å²) in [5, 5.41) is 7.03. The third-order valence-corrected chi connectivity index (χ3v) is 4.59. The van der Waals surface area contributed by atoms with E-state index in [2.05, 4.69) is 10.4 Å². The zero-order valence-electron chi connectivity index (χ0n) is 14.5. The second kappa shape index (κ2) is 7.96. The molecule has 6 nitrogen and oxygen atoms in total. The molecule has 1 unspecified atom stereocenters. The first kappa shape index (κ1) is 17.2. The van der Waals surface area contributed by atoms with Crippen molar-refractivity contribution in [1.82, 2.24) is 20.0 Å². The lowest BCUT2D eigenvalue weighted by Gasteiger charge is -2.35. The first-order valence-corrected chi connectivity index (χ1v) is 8.75. The number of benzene rings is 1. The summed E-state index contributed by atoms with van der Waals surface area (Å²) in [4.78, 5) is 25.9. The smallest absolute Gasteiger partial charge is 0.254 e. The van der Waals surface area contributed by atoms with Crippen molar-refractivity contribution >= 4 is 11.8 Å². The van der Waals surface area contributed by atoms with Crippen molar-refractivity contribution in [1.29, 1.82) is 0 Å². The molecule has 1 aromatic carbocycles. The van der Waals surface area contributed by atoms with Gasteiger partial charge in [-0.1, -0.05) is 12.1 Å². The molecule has 0 radical (unpaired) electrons. The van der Waals surface area contributed by atoms with Gasteiger partial charge in [-0.3, -0.25) is 14.3 Å². The van der Waals surface area contributed by atoms with Crippen molar-refractivity contribution in [2.75, 3.05) is 6.54 Å². The van der Waals surface area contributed by atoms with E-state index in [1.807, 2.05) is 46.1 Å². The number of rotatable bonds is 5. The second-order valence-corrected chi connectivity index (χ2v) is 6.48. The van der Waals surface area contributed by atoms with Crippen LogP contribution < -0.4 is 5.32 Å². The maximum absolute atomic E-state index is 12.9. The average Bonchev–Trinajstić information content (AvgIpc) is 3.13. The monoisotopic (exact) mass is 340 g/mol. The average molecular weight is 340 g/mol. The number of carbonyl (C=O) groups excluding carboxylic acids is 2. The van der Waals surface area contributed by atoms with Crippen LogP contribution in [0.4, 0.5) is 0 Å². The number of nitrogens with zero attached hydrogens (tertiary/aromatic N) is 3. The van der Waals surface area contributed by atoms with Gasteiger partial charge in [0.15, 0.2) is 0 Å². The SMILES string of the molecule is CC(=O)NCc1ccc(C(=O)N2CCCCC2Cn2cccn2)cc1. The van der Waals surface area contributed by atoms with Crippen LogP contribution in [0.1, 0.15) is 42.1 Å². The maximum atomic E-state index is 12.9. The van der Waals surface area contributed by atoms with Crippen molar-refractivity contribution in [3.63, 3.8) is 0 Å². The van der Waals surface area contributed by atoms with E-state index in [-0.39, 0.29) is 17.9 Å². The fourth-order valence-electron chi connectivity index (χ4n) is 3.24. The van der Waals surface area contributed by atoms with E-state index in [0.717, 1.165) is 37.9 Å². The van der Waals surface area contributed by atoms with Gasteiger partial charge in [0.05, 0.1) is 12.6 Å². The van der Waals surface area contributed by atoms with E-state index in [4.69, 9.17) is 0 Å². The van der Waals surface area contributed by atoms with E-state index in [1.54, 1.807) is 6.20 Å². The third kappa shape index (κ3) is 4.47. The maximum Gasteiger partial charge on any atom is 0.254 e. The molecule has 0 aliphatic carbocycles. The minimum Gasteiger partial charge on any atom is -0.352 e. The topological polar surface area (TPSA) is 67.2 Å². The van der Waals surface area contributed by atoms with Crippen LogP contribution in [-0.4, -0.2) is 39.1 Å². The van der Waals surface area contributed by atoms with Gasteiger partial charge in [0.1, 0.15) is 0 Å². The first-order valence-electron chi connectivity index (χ1n) is 8.75. The van der Waals surface area contributed by atoms with Crippen molar-refractivity contribution in [2.24, 2.45) is 0 Å². The molecule has 0 saturated carbocycles. The van der Waals surface area contributed by atoms with Gasteiger partial charge in [-0.25, -0.2) is 0 Å². The summed E-state index contributed by atoms with van der Waals surface area (Å²) < 4.78 is 1.90. The quantitative estimate of drug-likeness (QED) is 0.907. The molecule has 1 aliphatic heterocycles. The molecule has 1 saturated heterocycles. The van der Waals surface area contributed by atoms with Crippen LogP contribution >= 0.6 is 0 Å². The molecule has 1 atom stereocenters. The Balaban J connectivity index is 1.68. The standard InChI is InChI=1S/C19H24N4O2/c1-15(24)20-13-16-6-8-17(9-7-16)19(25)23-12-3-2-5-18(23)14-22-11-4-10-21-22/h4,6-11,18H,2-3,5,12-14H2,1H3,(H,20,24). The van der Waals surface area contributed by atoms with Gasteiger partial charge in [-0.05, 0) is 43.0 Å². The molecule has 25 heavy (non-hydrogen) atoms. The normalized spacial score (nSPS) is 17.3. The van der Waals surface area contributed by atoms with E-state index >= 15 is 0 Å². The predicted octanol–water partition coefficient (Wildman–Crippen LogP) is 2.21. The summed E-state index contributed by atoms with van der Waals surface area (Å²) in [6.45, 7) is 3.50. The molecule has 1 aromatic heterocycles. The van der Waals surface area contributed by atoms with Gasteiger partial charge in [0, 0.05) is 38.0 Å². The van der Waals surface area contributed by atoms with Gasteiger partial charge >= 0.3 is 0 Å². The Morgan fingerprint density at radius 2 is 2.04 bits per heavy atom. The number of hydrogen-bond acceptors (Lipinski definition) is 3. The summed E-state index contributed by atoms with van der Waals surface area (Å²) in [6.07, 6.45) is 6.90. The number of carbonyl (C=O) groups is 2. The Morgan fingerprint density at radius 1 is 1.24 bits per heavy atom. The van der Waals surface area contributed by atoms with Crippen LogP contribution in [0.25, 0.3) is 0 Å². The highest BCUT2D eigenvalue weighted by molar-refractivity contribution is 5.94. The highest BCUT2D eigenvalue weighted by Gasteiger charge is 2.27. The lowest BCUT2D eigenvalue weighted by molar-refractivity contribution is -0.119. The fraction of sp³-hybridized carbons (Fsp3) is 0.421. The van der Waals surface area contributed by atoms with Crippen LogP contribution in [-0.2, 0) is 17.9 Å². The first-order chi connectivity index (χ1) is 12.1. The Labute approximate surface area is 147 Å². The minimum absolute atomic E-state index is 0.0602. The third-order valence-electron chi connectivity index (χ3n) is 4.59. The van der Waals surface area contributed by atoms with E-state index in [0.29, 0.717) is 12.1 Å². The zero-order chi connectivity index (χ0) is 17.6. The number of aromatic nitrogens is 2. The van der Waals surface area contributed by atoms with Crippen molar-refractivity contribution in [3.8, 4) is 0 Å². The number of hydrogen-bond donors (Lipinski definition) is 1. The van der Waals surface area contributed by atoms with Crippen LogP contribution in [0.2, 0.25) is 0 Å². The van der Waals surface area contributed by atoms with Gasteiger partial charge in [-0.2, -0.15) is 5.10 Å². The summed E-state index contributed by atoms with van der Waals surface area (Å²) in [5.41, 5.74) is 1.68. The van der Waals surface area contributed by atoms with Crippen LogP contribution in [0.3, 0.4) is 0 Å². The zero-order valence-corrected chi connectivity index (χ0v) is 14.5. The Bertz CT molecular complexity index is 710. The van der Waals surface area contributed by atoms with Crippen molar-refractivity contribution < 1.29 is 9.59 Å². The minimum atomic E-state index is -0.0602. The van der Waals surface area contributed by atoms with Crippen molar-refractivity contribution in [3.05, 3.63) is 53.9 Å². The largest absolute Gasteiger partial charge is 0.352 e. The summed E-state index contributed by atoms with van der Waals surface area (Å²) in [7, 11) is 0. The summed E-state index contributed by atoms with van der Waals surface area (Å²) in [6, 6.07) is 9.58. The molecule has 1 aliphatic rings. The van der Waals surface area contributed by atoms with E-state index < -0.39 is 0 Å². The van der Waals surface area contributed by atoms with Gasteiger partial charge in [-0.15, -0.1) is 0 Å². The highest BCUT2D eigenvalue weighted by Crippen LogP contribution is 2.21. The molecule has 1 fully saturated rings. The van der Waals surface area contributed by atoms with Gasteiger partial charge in [0.2, 0.25) is 5.91 Å². The highest BCUT2D eigenvalue weighted by atomic mass is 16.2. The molecule has 0 bridgehead atoms. The van der Waals surface area contributed by atoms with Gasteiger partial charge < -0.3 is 10.2 Å². The lowest BCUT2D eigenvalue weighted by Crippen LogP contribution is -2.45. The fourth-order valence-corrected chi connectivity index (χ4v) is 3.24. The van der Waals surface area contributed by atoms with Crippen molar-refractivity contribution in [2.45, 2.75) is 45.3 Å². The Hall–Kier alpha value is -2.63. The number of nitrogens with one attached hydrogen (secondary N) is 1. The molecule has 1 N–H and O–H groups in total. The summed E-state index contributed by atoms with van der Waals surface area (Å²) in [5.74, 6) is 0.0119. The molecule has 3 rings (SSSR count). The molecule has 0 spiro atoms. The number of amides is 2. The molecular weight excluding hydrogens is 316 g/mol. The van der Waals surface area contributed by atoms with Crippen LogP contribution in [0.15, 0.2) is 42.7 Å². The Kier molecular flexibility index (Phi) is 5.48. The predicted molar refractivity (Wildman–Crippen MR) is 94.9 cm³/mol. The Morgan fingerprint density at radius 3 is 2.72 bits per heavy atom. The molecule has 132 valence electrons. The molecule has 2 aromatic rings.